The molecule has 7 amide bonds. The fourth-order valence-corrected chi connectivity index (χ4v) is 8.94. The molecule has 21 nitrogen and oxygen atoms in total. The van der Waals surface area contributed by atoms with Gasteiger partial charge < -0.3 is 56.2 Å². The molecule has 21 heteroatoms. The Morgan fingerprint density at radius 2 is 1.51 bits per heavy atom. The Morgan fingerprint density at radius 1 is 0.831 bits per heavy atom. The summed E-state index contributed by atoms with van der Waals surface area (Å²) in [4.78, 5) is 139. The second-order valence-electron chi connectivity index (χ2n) is 17.4. The highest BCUT2D eigenvalue weighted by atomic mass is 16.5. The minimum atomic E-state index is -1.36. The van der Waals surface area contributed by atoms with E-state index in [0.717, 1.165) is 27.1 Å². The Bertz CT molecular complexity index is 2750. The quantitative estimate of drug-likeness (QED) is 0.0441. The molecule has 2 saturated heterocycles. The SMILES string of the molecule is CCCC[C@H](NC(=O)[C@H](CC/C=C/C(=O)OC)NC(=O)c1ccccc1C(=O)O)C(=O)N1CCC[C@H]1C(=O)Nc1cccn(CC(=O)N[C@@H](Cc2c[nH]c3ccccc23)C(=O)N2CCC[C@H]2C(N)=O)c1=O. The third-order valence-corrected chi connectivity index (χ3v) is 12.6. The monoisotopic (exact) mass is 977 g/mol. The van der Waals surface area contributed by atoms with E-state index in [9.17, 15) is 53.1 Å². The van der Waals surface area contributed by atoms with Crippen LogP contribution in [0.2, 0.25) is 0 Å². The number of pyridine rings is 1. The molecule has 0 unspecified atom stereocenters. The smallest absolute Gasteiger partial charge is 0.336 e. The molecule has 5 atom stereocenters. The number of carbonyl (C=O) groups excluding carboxylic acids is 8. The van der Waals surface area contributed by atoms with Gasteiger partial charge >= 0.3 is 11.9 Å². The summed E-state index contributed by atoms with van der Waals surface area (Å²) in [6, 6.07) is 10.2. The number of anilines is 1. The van der Waals surface area contributed by atoms with E-state index in [1.54, 1.807) is 6.20 Å². The summed E-state index contributed by atoms with van der Waals surface area (Å²) in [5, 5.41) is 21.2. The van der Waals surface area contributed by atoms with Crippen LogP contribution in [-0.4, -0.2) is 128 Å². The zero-order chi connectivity index (χ0) is 51.2. The van der Waals surface area contributed by atoms with Gasteiger partial charge in [-0.25, -0.2) is 9.59 Å². The third-order valence-electron chi connectivity index (χ3n) is 12.6. The molecule has 4 aromatic rings. The highest BCUT2D eigenvalue weighted by molar-refractivity contribution is 6.06. The number of carbonyl (C=O) groups is 9. The van der Waals surface area contributed by atoms with Crippen molar-refractivity contribution in [1.29, 1.82) is 0 Å². The zero-order valence-electron chi connectivity index (χ0n) is 39.5. The summed E-state index contributed by atoms with van der Waals surface area (Å²) >= 11 is 0. The van der Waals surface area contributed by atoms with Crippen molar-refractivity contribution >= 4 is 69.9 Å². The number of esters is 1. The number of nitrogens with zero attached hydrogens (tertiary/aromatic N) is 3. The van der Waals surface area contributed by atoms with Crippen LogP contribution in [0.5, 0.6) is 0 Å². The number of nitrogens with one attached hydrogen (secondary N) is 5. The van der Waals surface area contributed by atoms with Gasteiger partial charge in [0.25, 0.3) is 11.5 Å². The number of methoxy groups -OCH3 is 1. The predicted molar refractivity (Wildman–Crippen MR) is 258 cm³/mol. The molecule has 4 heterocycles. The summed E-state index contributed by atoms with van der Waals surface area (Å²) in [6.45, 7) is 1.77. The van der Waals surface area contributed by atoms with Gasteiger partial charge in [0.05, 0.1) is 18.2 Å². The molecule has 2 fully saturated rings. The van der Waals surface area contributed by atoms with Gasteiger partial charge in [0, 0.05) is 48.9 Å². The third kappa shape index (κ3) is 13.2. The number of likely N-dealkylation sites (tertiary alicyclic amines) is 2. The molecular formula is C50H59N9O12. The maximum absolute atomic E-state index is 14.3. The van der Waals surface area contributed by atoms with Crippen LogP contribution in [0.3, 0.4) is 0 Å². The summed E-state index contributed by atoms with van der Waals surface area (Å²) in [7, 11) is 1.20. The van der Waals surface area contributed by atoms with Crippen LogP contribution in [0.15, 0.2) is 90.0 Å². The Morgan fingerprint density at radius 3 is 2.21 bits per heavy atom. The van der Waals surface area contributed by atoms with E-state index in [0.29, 0.717) is 32.1 Å². The van der Waals surface area contributed by atoms with Gasteiger partial charge in [-0.15, -0.1) is 0 Å². The number of hydrogen-bond donors (Lipinski definition) is 7. The number of amides is 7. The maximum atomic E-state index is 14.3. The molecule has 2 aromatic carbocycles. The fraction of sp³-hybridized carbons (Fsp3) is 0.400. The molecule has 376 valence electrons. The average Bonchev–Trinajstić information content (AvgIpc) is 4.15. The summed E-state index contributed by atoms with van der Waals surface area (Å²) < 4.78 is 5.68. The first kappa shape index (κ1) is 52.3. The summed E-state index contributed by atoms with van der Waals surface area (Å²) in [5.74, 6) is -6.72. The molecule has 0 radical (unpaired) electrons. The van der Waals surface area contributed by atoms with Crippen molar-refractivity contribution in [1.82, 2.24) is 35.3 Å². The van der Waals surface area contributed by atoms with E-state index in [2.05, 4.69) is 31.0 Å². The van der Waals surface area contributed by atoms with E-state index in [1.807, 2.05) is 31.2 Å². The lowest BCUT2D eigenvalue weighted by Gasteiger charge is -2.30. The largest absolute Gasteiger partial charge is 0.478 e. The number of hydrogen-bond acceptors (Lipinski definition) is 11. The molecule has 6 rings (SSSR count). The lowest BCUT2D eigenvalue weighted by atomic mass is 10.0. The summed E-state index contributed by atoms with van der Waals surface area (Å²) in [6.07, 6.45) is 8.69. The van der Waals surface area contributed by atoms with Gasteiger partial charge in [-0.05, 0) is 80.8 Å². The highest BCUT2D eigenvalue weighted by Gasteiger charge is 2.40. The molecule has 0 saturated carbocycles. The molecule has 0 aliphatic carbocycles. The van der Waals surface area contributed by atoms with Crippen LogP contribution in [0.25, 0.3) is 10.9 Å². The molecule has 2 aromatic heterocycles. The van der Waals surface area contributed by atoms with Crippen molar-refractivity contribution in [2.24, 2.45) is 5.73 Å². The number of H-pyrrole nitrogens is 1. The number of para-hydroxylation sites is 1. The lowest BCUT2D eigenvalue weighted by molar-refractivity contribution is -0.140. The fourth-order valence-electron chi connectivity index (χ4n) is 8.94. The van der Waals surface area contributed by atoms with E-state index < -0.39 is 95.6 Å². The molecule has 0 spiro atoms. The first-order valence-electron chi connectivity index (χ1n) is 23.5. The van der Waals surface area contributed by atoms with E-state index >= 15 is 0 Å². The number of allylic oxidation sites excluding steroid dienone is 1. The molecule has 8 N–H and O–H groups in total. The number of aromatic nitrogens is 2. The Balaban J connectivity index is 1.15. The first-order valence-corrected chi connectivity index (χ1v) is 23.5. The molecule has 2 aliphatic heterocycles. The van der Waals surface area contributed by atoms with Crippen LogP contribution in [0.1, 0.15) is 91.0 Å². The van der Waals surface area contributed by atoms with E-state index in [4.69, 9.17) is 5.73 Å². The number of carboxylic acid groups (broad SMARTS) is 1. The maximum Gasteiger partial charge on any atom is 0.336 e. The van der Waals surface area contributed by atoms with E-state index in [1.165, 1.54) is 65.6 Å². The number of aromatic amines is 1. The van der Waals surface area contributed by atoms with Crippen LogP contribution in [-0.2, 0) is 51.3 Å². The van der Waals surface area contributed by atoms with Gasteiger partial charge in [0.1, 0.15) is 42.4 Å². The van der Waals surface area contributed by atoms with Crippen molar-refractivity contribution in [3.63, 3.8) is 0 Å². The number of benzene rings is 2. The molecule has 0 bridgehead atoms. The van der Waals surface area contributed by atoms with Crippen LogP contribution in [0, 0.1) is 0 Å². The van der Waals surface area contributed by atoms with Gasteiger partial charge in [-0.1, -0.05) is 56.2 Å². The molecule has 2 aliphatic rings. The predicted octanol–water partition coefficient (Wildman–Crippen LogP) is 2.14. The average molecular weight is 978 g/mol. The van der Waals surface area contributed by atoms with Crippen LogP contribution in [0.4, 0.5) is 5.69 Å². The topological polar surface area (TPSA) is 302 Å². The number of carboxylic acids is 1. The Hall–Kier alpha value is -8.10. The summed E-state index contributed by atoms with van der Waals surface area (Å²) in [5.41, 5.74) is 5.78. The first-order chi connectivity index (χ1) is 34.1. The number of fused-ring (bicyclic) bond motifs is 1. The standard InChI is InChI=1S/C50H59N9O12/c1-3-4-17-37(55-45(64)35(19-9-10-23-42(61)71-2)54-44(63)32-15-5-6-16-33(32)50(69)70)48(67)59-26-13-22-40(59)46(65)56-36-20-11-24-57(47(36)66)29-41(60)53-38(49(68)58-25-12-21-39(58)43(51)62)27-30-28-52-34-18-8-7-14-31(30)34/h5-8,10-11,14-16,18,20,23-24,28,35,37-40,52H,3-4,9,12-13,17,19,21-22,25-27,29H2,1-2H3,(H2,51,62)(H,53,60)(H,54,63)(H,55,64)(H,56,65)(H,69,70)/b23-10+/t35-,37-,38-,39-,40-/m0/s1. The number of ether oxygens (including phenoxy) is 1. The zero-order valence-corrected chi connectivity index (χ0v) is 39.5. The van der Waals surface area contributed by atoms with Crippen molar-refractivity contribution < 1.29 is 53.0 Å². The van der Waals surface area contributed by atoms with E-state index in [-0.39, 0.29) is 62.0 Å². The number of primary amides is 1. The second kappa shape index (κ2) is 24.4. The van der Waals surface area contributed by atoms with Crippen LogP contribution < -0.4 is 32.6 Å². The Labute approximate surface area is 408 Å². The van der Waals surface area contributed by atoms with Gasteiger partial charge in [0.15, 0.2) is 0 Å². The van der Waals surface area contributed by atoms with Crippen LogP contribution >= 0.6 is 0 Å². The highest BCUT2D eigenvalue weighted by Crippen LogP contribution is 2.24. The molecular weight excluding hydrogens is 919 g/mol. The normalized spacial score (nSPS) is 16.8. The number of nitrogens with two attached hydrogens (primary N) is 1. The van der Waals surface area contributed by atoms with Gasteiger partial charge in [0.2, 0.25) is 35.4 Å². The second-order valence-corrected chi connectivity index (χ2v) is 17.4. The number of aromatic carboxylic acids is 1. The van der Waals surface area contributed by atoms with Gasteiger partial charge in [-0.3, -0.25) is 38.4 Å². The van der Waals surface area contributed by atoms with Crippen molar-refractivity contribution in [3.05, 3.63) is 112 Å². The number of unbranched alkanes of at least 4 members (excludes halogenated alkanes) is 1. The van der Waals surface area contributed by atoms with Crippen molar-refractivity contribution in [3.8, 4) is 0 Å². The molecule has 71 heavy (non-hydrogen) atoms. The minimum Gasteiger partial charge on any atom is -0.478 e. The van der Waals surface area contributed by atoms with Crippen molar-refractivity contribution in [2.75, 3.05) is 25.5 Å². The van der Waals surface area contributed by atoms with Crippen molar-refractivity contribution in [2.45, 2.75) is 108 Å². The van der Waals surface area contributed by atoms with Gasteiger partial charge in [-0.2, -0.15) is 0 Å². The number of rotatable bonds is 22. The lowest BCUT2D eigenvalue weighted by Crippen LogP contribution is -2.56. The minimum absolute atomic E-state index is 0.0559. The Kier molecular flexibility index (Phi) is 18.0.